The van der Waals surface area contributed by atoms with E-state index in [1.165, 1.54) is 12.1 Å². The van der Waals surface area contributed by atoms with Crippen molar-refractivity contribution in [1.29, 1.82) is 0 Å². The SMILES string of the molecule is Cc1ccc(NC(=O)c2ccc(=O)n(CC(=O)Nc3ccc(Br)cc3)n2)cc1C. The molecule has 2 amide bonds. The number of benzene rings is 2. The van der Waals surface area contributed by atoms with Gasteiger partial charge in [-0.3, -0.25) is 14.4 Å². The minimum absolute atomic E-state index is 0.0410. The van der Waals surface area contributed by atoms with Crippen LogP contribution in [0.5, 0.6) is 0 Å². The highest BCUT2D eigenvalue weighted by atomic mass is 79.9. The number of halogens is 1. The van der Waals surface area contributed by atoms with Crippen LogP contribution in [0.15, 0.2) is 63.9 Å². The molecule has 29 heavy (non-hydrogen) atoms. The van der Waals surface area contributed by atoms with E-state index >= 15 is 0 Å². The molecule has 148 valence electrons. The van der Waals surface area contributed by atoms with Crippen LogP contribution in [0, 0.1) is 13.8 Å². The molecule has 0 aliphatic heterocycles. The predicted octanol–water partition coefficient (Wildman–Crippen LogP) is 3.51. The Kier molecular flexibility index (Phi) is 6.23. The van der Waals surface area contributed by atoms with Crippen LogP contribution in [0.4, 0.5) is 11.4 Å². The molecular formula is C21H19BrN4O3. The molecular weight excluding hydrogens is 436 g/mol. The monoisotopic (exact) mass is 454 g/mol. The van der Waals surface area contributed by atoms with Crippen LogP contribution in [-0.2, 0) is 11.3 Å². The third kappa shape index (κ3) is 5.39. The smallest absolute Gasteiger partial charge is 0.276 e. The summed E-state index contributed by atoms with van der Waals surface area (Å²) in [5.41, 5.74) is 2.95. The Bertz CT molecular complexity index is 1120. The van der Waals surface area contributed by atoms with Gasteiger partial charge in [-0.1, -0.05) is 22.0 Å². The van der Waals surface area contributed by atoms with E-state index in [0.29, 0.717) is 11.4 Å². The number of anilines is 2. The topological polar surface area (TPSA) is 93.1 Å². The van der Waals surface area contributed by atoms with Crippen LogP contribution < -0.4 is 16.2 Å². The number of aryl methyl sites for hydroxylation is 2. The van der Waals surface area contributed by atoms with E-state index in [-0.39, 0.29) is 12.2 Å². The Morgan fingerprint density at radius 1 is 0.931 bits per heavy atom. The molecule has 0 bridgehead atoms. The molecule has 0 saturated carbocycles. The number of nitrogens with zero attached hydrogens (tertiary/aromatic N) is 2. The molecule has 0 aliphatic carbocycles. The lowest BCUT2D eigenvalue weighted by molar-refractivity contribution is -0.117. The summed E-state index contributed by atoms with van der Waals surface area (Å²) in [5, 5.41) is 9.46. The van der Waals surface area contributed by atoms with E-state index < -0.39 is 17.4 Å². The van der Waals surface area contributed by atoms with Gasteiger partial charge in [0.05, 0.1) is 0 Å². The molecule has 0 atom stereocenters. The normalized spacial score (nSPS) is 10.4. The van der Waals surface area contributed by atoms with Crippen molar-refractivity contribution >= 4 is 39.1 Å². The van der Waals surface area contributed by atoms with Crippen LogP contribution >= 0.6 is 15.9 Å². The molecule has 0 radical (unpaired) electrons. The Hall–Kier alpha value is -3.26. The van der Waals surface area contributed by atoms with Gasteiger partial charge in [-0.15, -0.1) is 0 Å². The maximum absolute atomic E-state index is 12.5. The lowest BCUT2D eigenvalue weighted by atomic mass is 10.1. The molecule has 2 N–H and O–H groups in total. The highest BCUT2D eigenvalue weighted by molar-refractivity contribution is 9.10. The largest absolute Gasteiger partial charge is 0.324 e. The Balaban J connectivity index is 1.72. The third-order valence-electron chi connectivity index (χ3n) is 4.29. The number of carbonyl (C=O) groups is 2. The van der Waals surface area contributed by atoms with E-state index in [9.17, 15) is 14.4 Å². The van der Waals surface area contributed by atoms with Crippen molar-refractivity contribution in [3.8, 4) is 0 Å². The second-order valence-electron chi connectivity index (χ2n) is 6.52. The summed E-state index contributed by atoms with van der Waals surface area (Å²) in [6.45, 7) is 3.63. The molecule has 3 aromatic rings. The zero-order valence-corrected chi connectivity index (χ0v) is 17.5. The zero-order valence-electron chi connectivity index (χ0n) is 15.9. The molecule has 2 aromatic carbocycles. The Labute approximate surface area is 175 Å². The fourth-order valence-electron chi connectivity index (χ4n) is 2.57. The number of rotatable bonds is 5. The van der Waals surface area contributed by atoms with Crippen molar-refractivity contribution < 1.29 is 9.59 Å². The minimum Gasteiger partial charge on any atom is -0.324 e. The van der Waals surface area contributed by atoms with Gasteiger partial charge < -0.3 is 10.6 Å². The summed E-state index contributed by atoms with van der Waals surface area (Å²) in [4.78, 5) is 36.8. The lowest BCUT2D eigenvalue weighted by Crippen LogP contribution is -2.31. The first-order chi connectivity index (χ1) is 13.8. The molecule has 3 rings (SSSR count). The molecule has 0 unspecified atom stereocenters. The molecule has 1 heterocycles. The summed E-state index contributed by atoms with van der Waals surface area (Å²) < 4.78 is 1.85. The van der Waals surface area contributed by atoms with Gasteiger partial charge in [-0.2, -0.15) is 5.10 Å². The highest BCUT2D eigenvalue weighted by Crippen LogP contribution is 2.15. The number of amides is 2. The fourth-order valence-corrected chi connectivity index (χ4v) is 2.83. The van der Waals surface area contributed by atoms with Crippen LogP contribution in [0.3, 0.4) is 0 Å². The van der Waals surface area contributed by atoms with Gasteiger partial charge in [0.2, 0.25) is 5.91 Å². The van der Waals surface area contributed by atoms with Crippen molar-refractivity contribution in [2.45, 2.75) is 20.4 Å². The van der Waals surface area contributed by atoms with Crippen molar-refractivity contribution in [1.82, 2.24) is 9.78 Å². The maximum Gasteiger partial charge on any atom is 0.276 e. The maximum atomic E-state index is 12.5. The first kappa shape index (κ1) is 20.5. The first-order valence-electron chi connectivity index (χ1n) is 8.84. The fraction of sp³-hybridized carbons (Fsp3) is 0.143. The summed E-state index contributed by atoms with van der Waals surface area (Å²) >= 11 is 3.32. The minimum atomic E-state index is -0.473. The standard InChI is InChI=1S/C21H19BrN4O3/c1-13-3-6-17(11-14(13)2)24-21(29)18-9-10-20(28)26(25-18)12-19(27)23-16-7-4-15(22)5-8-16/h3-11H,12H2,1-2H3,(H,23,27)(H,24,29). The molecule has 8 heteroatoms. The first-order valence-corrected chi connectivity index (χ1v) is 9.63. The van der Waals surface area contributed by atoms with Crippen LogP contribution in [0.25, 0.3) is 0 Å². The van der Waals surface area contributed by atoms with E-state index in [0.717, 1.165) is 20.3 Å². The van der Waals surface area contributed by atoms with Gasteiger partial charge in [-0.05, 0) is 67.4 Å². The number of nitrogens with one attached hydrogen (secondary N) is 2. The van der Waals surface area contributed by atoms with Gasteiger partial charge in [-0.25, -0.2) is 4.68 Å². The number of hydrogen-bond acceptors (Lipinski definition) is 4. The number of carbonyl (C=O) groups excluding carboxylic acids is 2. The predicted molar refractivity (Wildman–Crippen MR) is 115 cm³/mol. The summed E-state index contributed by atoms with van der Waals surface area (Å²) in [7, 11) is 0. The summed E-state index contributed by atoms with van der Waals surface area (Å²) in [6.07, 6.45) is 0. The molecule has 0 fully saturated rings. The van der Waals surface area contributed by atoms with E-state index in [1.807, 2.05) is 26.0 Å². The van der Waals surface area contributed by atoms with Gasteiger partial charge in [0.15, 0.2) is 0 Å². The zero-order chi connectivity index (χ0) is 21.0. The third-order valence-corrected chi connectivity index (χ3v) is 4.81. The lowest BCUT2D eigenvalue weighted by Gasteiger charge is -2.10. The Morgan fingerprint density at radius 2 is 1.62 bits per heavy atom. The number of hydrogen-bond donors (Lipinski definition) is 2. The molecule has 0 saturated heterocycles. The second-order valence-corrected chi connectivity index (χ2v) is 7.44. The van der Waals surface area contributed by atoms with Gasteiger partial charge in [0, 0.05) is 21.9 Å². The van der Waals surface area contributed by atoms with Gasteiger partial charge in [0.25, 0.3) is 11.5 Å². The van der Waals surface area contributed by atoms with Crippen molar-refractivity contribution in [2.75, 3.05) is 10.6 Å². The van der Waals surface area contributed by atoms with E-state index in [1.54, 1.807) is 30.3 Å². The second kappa shape index (κ2) is 8.83. The number of aromatic nitrogens is 2. The van der Waals surface area contributed by atoms with Crippen molar-refractivity contribution in [2.24, 2.45) is 0 Å². The van der Waals surface area contributed by atoms with E-state index in [4.69, 9.17) is 0 Å². The van der Waals surface area contributed by atoms with Crippen LogP contribution in [0.1, 0.15) is 21.6 Å². The van der Waals surface area contributed by atoms with Gasteiger partial charge >= 0.3 is 0 Å². The summed E-state index contributed by atoms with van der Waals surface area (Å²) in [5.74, 6) is -0.885. The quantitative estimate of drug-likeness (QED) is 0.616. The molecule has 0 aliphatic rings. The average molecular weight is 455 g/mol. The summed E-state index contributed by atoms with van der Waals surface area (Å²) in [6, 6.07) is 15.1. The van der Waals surface area contributed by atoms with Crippen LogP contribution in [0.2, 0.25) is 0 Å². The Morgan fingerprint density at radius 3 is 2.31 bits per heavy atom. The average Bonchev–Trinajstić information content (AvgIpc) is 2.68. The van der Waals surface area contributed by atoms with Crippen LogP contribution in [-0.4, -0.2) is 21.6 Å². The van der Waals surface area contributed by atoms with Gasteiger partial charge in [0.1, 0.15) is 12.2 Å². The van der Waals surface area contributed by atoms with E-state index in [2.05, 4.69) is 31.7 Å². The molecule has 1 aromatic heterocycles. The van der Waals surface area contributed by atoms with Crippen molar-refractivity contribution in [3.63, 3.8) is 0 Å². The van der Waals surface area contributed by atoms with Crippen molar-refractivity contribution in [3.05, 3.63) is 86.2 Å². The highest BCUT2D eigenvalue weighted by Gasteiger charge is 2.13. The molecule has 0 spiro atoms. The molecule has 7 nitrogen and oxygen atoms in total.